The Hall–Kier alpha value is -3.47. The van der Waals surface area contributed by atoms with Gasteiger partial charge < -0.3 is 10.2 Å². The Morgan fingerprint density at radius 1 is 1.00 bits per heavy atom. The number of anilines is 1. The van der Waals surface area contributed by atoms with Crippen LogP contribution < -0.4 is 10.2 Å². The van der Waals surface area contributed by atoms with Crippen molar-refractivity contribution in [1.29, 1.82) is 0 Å². The van der Waals surface area contributed by atoms with E-state index in [1.165, 1.54) is 17.2 Å². The zero-order chi connectivity index (χ0) is 19.2. The van der Waals surface area contributed by atoms with E-state index >= 15 is 0 Å². The molecule has 0 saturated carbocycles. The molecule has 0 bridgehead atoms. The van der Waals surface area contributed by atoms with Gasteiger partial charge >= 0.3 is 0 Å². The predicted molar refractivity (Wildman–Crippen MR) is 106 cm³/mol. The Labute approximate surface area is 158 Å². The number of para-hydroxylation sites is 1. The van der Waals surface area contributed by atoms with Crippen LogP contribution >= 0.6 is 0 Å². The van der Waals surface area contributed by atoms with Gasteiger partial charge in [0.2, 0.25) is 0 Å². The Balaban J connectivity index is 1.72. The molecule has 0 aliphatic heterocycles. The minimum Gasteiger partial charge on any atom is -0.348 e. The number of hydrogen-bond donors (Lipinski definition) is 1. The summed E-state index contributed by atoms with van der Waals surface area (Å²) in [6.07, 6.45) is 1.48. The van der Waals surface area contributed by atoms with Crippen molar-refractivity contribution < 1.29 is 9.59 Å². The van der Waals surface area contributed by atoms with Crippen molar-refractivity contribution in [2.75, 3.05) is 11.9 Å². The minimum atomic E-state index is -0.269. The van der Waals surface area contributed by atoms with Crippen LogP contribution in [-0.4, -0.2) is 23.8 Å². The molecule has 5 nitrogen and oxygen atoms in total. The third kappa shape index (κ3) is 4.39. The second kappa shape index (κ2) is 8.27. The van der Waals surface area contributed by atoms with Crippen LogP contribution in [0.5, 0.6) is 0 Å². The third-order valence-corrected chi connectivity index (χ3v) is 4.39. The Morgan fingerprint density at radius 3 is 2.44 bits per heavy atom. The number of hydrogen-bond acceptors (Lipinski definition) is 3. The quantitative estimate of drug-likeness (QED) is 0.757. The molecule has 0 unspecified atom stereocenters. The van der Waals surface area contributed by atoms with Crippen molar-refractivity contribution in [3.05, 3.63) is 95.3 Å². The van der Waals surface area contributed by atoms with Gasteiger partial charge in [-0.2, -0.15) is 0 Å². The lowest BCUT2D eigenvalue weighted by Gasteiger charge is -2.17. The summed E-state index contributed by atoms with van der Waals surface area (Å²) in [4.78, 5) is 30.8. The summed E-state index contributed by atoms with van der Waals surface area (Å²) in [6.45, 7) is 2.44. The zero-order valence-corrected chi connectivity index (χ0v) is 15.3. The van der Waals surface area contributed by atoms with E-state index < -0.39 is 0 Å². The molecule has 0 saturated heterocycles. The van der Waals surface area contributed by atoms with Gasteiger partial charge in [0.25, 0.3) is 11.8 Å². The molecule has 27 heavy (non-hydrogen) atoms. The zero-order valence-electron chi connectivity index (χ0n) is 15.3. The summed E-state index contributed by atoms with van der Waals surface area (Å²) in [5, 5.41) is 2.89. The molecule has 1 N–H and O–H groups in total. The summed E-state index contributed by atoms with van der Waals surface area (Å²) >= 11 is 0. The molecule has 0 aliphatic rings. The first kappa shape index (κ1) is 18.3. The maximum Gasteiger partial charge on any atom is 0.276 e. The molecule has 0 fully saturated rings. The van der Waals surface area contributed by atoms with Crippen LogP contribution in [0.1, 0.15) is 32.0 Å². The Kier molecular flexibility index (Phi) is 5.61. The average Bonchev–Trinajstić information content (AvgIpc) is 2.72. The fourth-order valence-electron chi connectivity index (χ4n) is 2.72. The van der Waals surface area contributed by atoms with Gasteiger partial charge in [-0.3, -0.25) is 14.6 Å². The standard InChI is InChI=1S/C22H21N3O2/c1-16-8-6-7-9-18(16)15-24-21(26)17-12-13-23-20(14-17)22(27)25(2)19-10-4-3-5-11-19/h3-14H,15H2,1-2H3,(H,24,26). The lowest BCUT2D eigenvalue weighted by molar-refractivity contribution is 0.0950. The fourth-order valence-corrected chi connectivity index (χ4v) is 2.72. The summed E-state index contributed by atoms with van der Waals surface area (Å²) in [5.74, 6) is -0.508. The second-order valence-corrected chi connectivity index (χ2v) is 6.24. The van der Waals surface area contributed by atoms with Crippen LogP contribution in [0.15, 0.2) is 72.9 Å². The van der Waals surface area contributed by atoms with Gasteiger partial charge in [-0.1, -0.05) is 42.5 Å². The first-order valence-electron chi connectivity index (χ1n) is 8.68. The van der Waals surface area contributed by atoms with Crippen LogP contribution in [0.2, 0.25) is 0 Å². The van der Waals surface area contributed by atoms with Gasteiger partial charge in [0.1, 0.15) is 5.69 Å². The highest BCUT2D eigenvalue weighted by Crippen LogP contribution is 2.14. The van der Waals surface area contributed by atoms with Crippen molar-refractivity contribution in [3.63, 3.8) is 0 Å². The van der Waals surface area contributed by atoms with Gasteiger partial charge in [0.15, 0.2) is 0 Å². The molecule has 2 aromatic carbocycles. The molecule has 0 radical (unpaired) electrons. The van der Waals surface area contributed by atoms with Crippen molar-refractivity contribution in [3.8, 4) is 0 Å². The number of aromatic nitrogens is 1. The van der Waals surface area contributed by atoms with E-state index in [0.29, 0.717) is 12.1 Å². The number of aryl methyl sites for hydroxylation is 1. The van der Waals surface area contributed by atoms with Gasteiger partial charge in [-0.25, -0.2) is 0 Å². The van der Waals surface area contributed by atoms with Gasteiger partial charge in [-0.05, 0) is 42.3 Å². The number of pyridine rings is 1. The van der Waals surface area contributed by atoms with Crippen molar-refractivity contribution in [2.45, 2.75) is 13.5 Å². The highest BCUT2D eigenvalue weighted by Gasteiger charge is 2.16. The molecule has 3 rings (SSSR count). The van der Waals surface area contributed by atoms with E-state index in [1.54, 1.807) is 13.1 Å². The smallest absolute Gasteiger partial charge is 0.276 e. The monoisotopic (exact) mass is 359 g/mol. The lowest BCUT2D eigenvalue weighted by Crippen LogP contribution is -2.28. The van der Waals surface area contributed by atoms with E-state index in [2.05, 4.69) is 10.3 Å². The van der Waals surface area contributed by atoms with E-state index in [0.717, 1.165) is 16.8 Å². The van der Waals surface area contributed by atoms with Crippen LogP contribution in [0.3, 0.4) is 0 Å². The predicted octanol–water partition coefficient (Wildman–Crippen LogP) is 3.60. The van der Waals surface area contributed by atoms with E-state index in [-0.39, 0.29) is 17.5 Å². The number of nitrogens with zero attached hydrogens (tertiary/aromatic N) is 2. The largest absolute Gasteiger partial charge is 0.348 e. The molecule has 0 atom stereocenters. The molecular formula is C22H21N3O2. The van der Waals surface area contributed by atoms with E-state index in [4.69, 9.17) is 0 Å². The summed E-state index contributed by atoms with van der Waals surface area (Å²) in [6, 6.07) is 20.3. The maximum atomic E-state index is 12.7. The minimum absolute atomic E-state index is 0.227. The van der Waals surface area contributed by atoms with E-state index in [1.807, 2.05) is 61.5 Å². The number of nitrogens with one attached hydrogen (secondary N) is 1. The summed E-state index contributed by atoms with van der Waals surface area (Å²) in [5.41, 5.74) is 3.57. The van der Waals surface area contributed by atoms with Crippen molar-refractivity contribution >= 4 is 17.5 Å². The fraction of sp³-hybridized carbons (Fsp3) is 0.136. The Bertz CT molecular complexity index is 955. The van der Waals surface area contributed by atoms with Crippen LogP contribution in [0, 0.1) is 6.92 Å². The molecule has 5 heteroatoms. The van der Waals surface area contributed by atoms with E-state index in [9.17, 15) is 9.59 Å². The Morgan fingerprint density at radius 2 is 1.70 bits per heavy atom. The molecule has 3 aromatic rings. The second-order valence-electron chi connectivity index (χ2n) is 6.24. The number of amides is 2. The summed E-state index contributed by atoms with van der Waals surface area (Å²) in [7, 11) is 1.68. The normalized spacial score (nSPS) is 10.3. The van der Waals surface area contributed by atoms with Crippen LogP contribution in [0.4, 0.5) is 5.69 Å². The third-order valence-electron chi connectivity index (χ3n) is 4.39. The number of carbonyl (C=O) groups is 2. The average molecular weight is 359 g/mol. The molecule has 136 valence electrons. The SMILES string of the molecule is Cc1ccccc1CNC(=O)c1ccnc(C(=O)N(C)c2ccccc2)c1. The molecule has 1 heterocycles. The number of benzene rings is 2. The highest BCUT2D eigenvalue weighted by atomic mass is 16.2. The molecular weight excluding hydrogens is 338 g/mol. The molecule has 0 spiro atoms. The first-order chi connectivity index (χ1) is 13.1. The van der Waals surface area contributed by atoms with Gasteiger partial charge in [-0.15, -0.1) is 0 Å². The van der Waals surface area contributed by atoms with Crippen LogP contribution in [0.25, 0.3) is 0 Å². The van der Waals surface area contributed by atoms with Crippen LogP contribution in [-0.2, 0) is 6.54 Å². The maximum absolute atomic E-state index is 12.7. The van der Waals surface area contributed by atoms with Gasteiger partial charge in [0.05, 0.1) is 0 Å². The number of rotatable bonds is 5. The summed E-state index contributed by atoms with van der Waals surface area (Å²) < 4.78 is 0. The molecule has 2 amide bonds. The van der Waals surface area contributed by atoms with Gasteiger partial charge in [0, 0.05) is 31.0 Å². The number of carbonyl (C=O) groups excluding carboxylic acids is 2. The molecule has 1 aromatic heterocycles. The highest BCUT2D eigenvalue weighted by molar-refractivity contribution is 6.06. The first-order valence-corrected chi connectivity index (χ1v) is 8.68. The lowest BCUT2D eigenvalue weighted by atomic mass is 10.1. The molecule has 0 aliphatic carbocycles. The van der Waals surface area contributed by atoms with Crippen molar-refractivity contribution in [2.24, 2.45) is 0 Å². The van der Waals surface area contributed by atoms with Crippen molar-refractivity contribution in [1.82, 2.24) is 10.3 Å². The topological polar surface area (TPSA) is 62.3 Å².